The largest absolute Gasteiger partial charge is 0.494 e. The van der Waals surface area contributed by atoms with Crippen LogP contribution in [-0.2, 0) is 9.47 Å². The van der Waals surface area contributed by atoms with Gasteiger partial charge in [-0.05, 0) is 25.1 Å². The van der Waals surface area contributed by atoms with Crippen molar-refractivity contribution in [1.82, 2.24) is 0 Å². The summed E-state index contributed by atoms with van der Waals surface area (Å²) in [6.45, 7) is 3.92. The summed E-state index contributed by atoms with van der Waals surface area (Å²) in [7, 11) is 0. The molecule has 1 fully saturated rings. The number of hydrogen-bond donors (Lipinski definition) is 0. The minimum Gasteiger partial charge on any atom is -0.494 e. The number of hydrogen-bond acceptors (Lipinski definition) is 3. The highest BCUT2D eigenvalue weighted by atomic mass is 79.9. The lowest BCUT2D eigenvalue weighted by atomic mass is 10.2. The van der Waals surface area contributed by atoms with Crippen molar-refractivity contribution in [2.75, 3.05) is 19.8 Å². The third-order valence-electron chi connectivity index (χ3n) is 2.10. The molecule has 1 heterocycles. The molecule has 0 spiro atoms. The molecule has 0 aromatic heterocycles. The molecule has 3 nitrogen and oxygen atoms in total. The maximum absolute atomic E-state index is 5.45. The molecule has 1 saturated heterocycles. The fourth-order valence-electron chi connectivity index (χ4n) is 1.52. The summed E-state index contributed by atoms with van der Waals surface area (Å²) < 4.78 is 17.3. The summed E-state index contributed by atoms with van der Waals surface area (Å²) in [5.74, 6) is 0.834. The van der Waals surface area contributed by atoms with E-state index in [4.69, 9.17) is 14.2 Å². The molecule has 0 N–H and O–H groups in total. The van der Waals surface area contributed by atoms with Gasteiger partial charge in [-0.3, -0.25) is 0 Å². The Morgan fingerprint density at radius 2 is 2.07 bits per heavy atom. The molecular formula is C11H13BrO3. The molecule has 0 atom stereocenters. The van der Waals surface area contributed by atoms with Gasteiger partial charge in [-0.2, -0.15) is 0 Å². The maximum atomic E-state index is 5.45. The molecule has 0 aliphatic carbocycles. The average Bonchev–Trinajstić information content (AvgIpc) is 2.70. The Balaban J connectivity index is 2.22. The van der Waals surface area contributed by atoms with Crippen LogP contribution in [0.25, 0.3) is 0 Å². The minimum absolute atomic E-state index is 0.248. The molecular weight excluding hydrogens is 260 g/mol. The van der Waals surface area contributed by atoms with Crippen molar-refractivity contribution in [3.05, 3.63) is 28.2 Å². The third-order valence-corrected chi connectivity index (χ3v) is 2.56. The lowest BCUT2D eigenvalue weighted by molar-refractivity contribution is -0.0442. The molecule has 1 aromatic carbocycles. The first-order valence-corrected chi connectivity index (χ1v) is 5.75. The summed E-state index contributed by atoms with van der Waals surface area (Å²) in [6, 6.07) is 5.87. The van der Waals surface area contributed by atoms with Crippen LogP contribution >= 0.6 is 15.9 Å². The molecule has 0 saturated carbocycles. The Bertz CT molecular complexity index is 335. The smallest absolute Gasteiger partial charge is 0.184 e. The predicted octanol–water partition coefficient (Wildman–Crippen LogP) is 2.89. The van der Waals surface area contributed by atoms with E-state index in [9.17, 15) is 0 Å². The topological polar surface area (TPSA) is 27.7 Å². The summed E-state index contributed by atoms with van der Waals surface area (Å²) in [4.78, 5) is 0. The van der Waals surface area contributed by atoms with Gasteiger partial charge in [-0.25, -0.2) is 0 Å². The van der Waals surface area contributed by atoms with E-state index in [0.29, 0.717) is 19.8 Å². The van der Waals surface area contributed by atoms with E-state index >= 15 is 0 Å². The molecule has 2 rings (SSSR count). The summed E-state index contributed by atoms with van der Waals surface area (Å²) in [6.07, 6.45) is -0.248. The second-order valence-electron chi connectivity index (χ2n) is 3.23. The van der Waals surface area contributed by atoms with Crippen LogP contribution in [0.5, 0.6) is 5.75 Å². The van der Waals surface area contributed by atoms with Crippen molar-refractivity contribution < 1.29 is 14.2 Å². The van der Waals surface area contributed by atoms with Crippen LogP contribution in [0.1, 0.15) is 18.8 Å². The average molecular weight is 273 g/mol. The highest BCUT2D eigenvalue weighted by Crippen LogP contribution is 2.29. The van der Waals surface area contributed by atoms with Gasteiger partial charge in [-0.1, -0.05) is 15.9 Å². The van der Waals surface area contributed by atoms with E-state index in [0.717, 1.165) is 15.8 Å². The highest BCUT2D eigenvalue weighted by Gasteiger charge is 2.19. The van der Waals surface area contributed by atoms with Crippen molar-refractivity contribution in [3.8, 4) is 5.75 Å². The van der Waals surface area contributed by atoms with Crippen LogP contribution in [0.2, 0.25) is 0 Å². The quantitative estimate of drug-likeness (QED) is 0.847. The number of benzene rings is 1. The lowest BCUT2D eigenvalue weighted by Gasteiger charge is -2.12. The zero-order valence-electron chi connectivity index (χ0n) is 8.53. The summed E-state index contributed by atoms with van der Waals surface area (Å²) >= 11 is 3.44. The molecule has 1 aliphatic rings. The van der Waals surface area contributed by atoms with Crippen molar-refractivity contribution in [1.29, 1.82) is 0 Å². The van der Waals surface area contributed by atoms with Gasteiger partial charge in [0.25, 0.3) is 0 Å². The Hall–Kier alpha value is -0.580. The van der Waals surface area contributed by atoms with Crippen LogP contribution in [0.4, 0.5) is 0 Å². The van der Waals surface area contributed by atoms with Crippen LogP contribution in [-0.4, -0.2) is 19.8 Å². The molecule has 4 heteroatoms. The Labute approximate surface area is 97.5 Å². The summed E-state index contributed by atoms with van der Waals surface area (Å²) in [5.41, 5.74) is 0.991. The van der Waals surface area contributed by atoms with E-state index in [1.165, 1.54) is 0 Å². The monoisotopic (exact) mass is 272 g/mol. The SMILES string of the molecule is CCOc1cc(Br)cc(C2OCCO2)c1. The number of rotatable bonds is 3. The van der Waals surface area contributed by atoms with E-state index in [-0.39, 0.29) is 6.29 Å². The third kappa shape index (κ3) is 2.71. The normalized spacial score (nSPS) is 16.9. The Morgan fingerprint density at radius 3 is 2.73 bits per heavy atom. The second-order valence-corrected chi connectivity index (χ2v) is 4.14. The van der Waals surface area contributed by atoms with Crippen molar-refractivity contribution in [2.45, 2.75) is 13.2 Å². The van der Waals surface area contributed by atoms with E-state index in [1.54, 1.807) is 0 Å². The van der Waals surface area contributed by atoms with Crippen molar-refractivity contribution in [2.24, 2.45) is 0 Å². The van der Waals surface area contributed by atoms with Crippen LogP contribution in [0, 0.1) is 0 Å². The Morgan fingerprint density at radius 1 is 1.33 bits per heavy atom. The van der Waals surface area contributed by atoms with Crippen LogP contribution < -0.4 is 4.74 Å². The molecule has 0 unspecified atom stereocenters. The molecule has 0 bridgehead atoms. The van der Waals surface area contributed by atoms with E-state index in [1.807, 2.05) is 25.1 Å². The first-order chi connectivity index (χ1) is 7.29. The van der Waals surface area contributed by atoms with E-state index < -0.39 is 0 Å². The van der Waals surface area contributed by atoms with E-state index in [2.05, 4.69) is 15.9 Å². The zero-order valence-corrected chi connectivity index (χ0v) is 10.1. The first-order valence-electron chi connectivity index (χ1n) is 4.96. The van der Waals surface area contributed by atoms with Crippen molar-refractivity contribution >= 4 is 15.9 Å². The molecule has 82 valence electrons. The van der Waals surface area contributed by atoms with Gasteiger partial charge in [0.2, 0.25) is 0 Å². The predicted molar refractivity (Wildman–Crippen MR) is 60.0 cm³/mol. The molecule has 1 aromatic rings. The number of ether oxygens (including phenoxy) is 3. The molecule has 1 aliphatic heterocycles. The molecule has 0 amide bonds. The second kappa shape index (κ2) is 4.96. The van der Waals surface area contributed by atoms with Gasteiger partial charge in [0.1, 0.15) is 5.75 Å². The number of halogens is 1. The fourth-order valence-corrected chi connectivity index (χ4v) is 2.01. The molecule has 15 heavy (non-hydrogen) atoms. The standard InChI is InChI=1S/C11H13BrO3/c1-2-13-10-6-8(5-9(12)7-10)11-14-3-4-15-11/h5-7,11H,2-4H2,1H3. The van der Waals surface area contributed by atoms with Gasteiger partial charge in [0, 0.05) is 10.0 Å². The maximum Gasteiger partial charge on any atom is 0.184 e. The van der Waals surface area contributed by atoms with Gasteiger partial charge < -0.3 is 14.2 Å². The van der Waals surface area contributed by atoms with Crippen molar-refractivity contribution in [3.63, 3.8) is 0 Å². The lowest BCUT2D eigenvalue weighted by Crippen LogP contribution is -1.99. The first kappa shape index (κ1) is 10.9. The highest BCUT2D eigenvalue weighted by molar-refractivity contribution is 9.10. The van der Waals surface area contributed by atoms with Gasteiger partial charge in [0.05, 0.1) is 19.8 Å². The van der Waals surface area contributed by atoms with Crippen LogP contribution in [0.15, 0.2) is 22.7 Å². The van der Waals surface area contributed by atoms with Crippen LogP contribution in [0.3, 0.4) is 0 Å². The zero-order chi connectivity index (χ0) is 10.7. The Kier molecular flexibility index (Phi) is 3.61. The summed E-state index contributed by atoms with van der Waals surface area (Å²) in [5, 5.41) is 0. The minimum atomic E-state index is -0.248. The van der Waals surface area contributed by atoms with Gasteiger partial charge >= 0.3 is 0 Å². The molecule has 0 radical (unpaired) electrons. The van der Waals surface area contributed by atoms with Gasteiger partial charge in [0.15, 0.2) is 6.29 Å². The van der Waals surface area contributed by atoms with Gasteiger partial charge in [-0.15, -0.1) is 0 Å². The fraction of sp³-hybridized carbons (Fsp3) is 0.455.